The predicted molar refractivity (Wildman–Crippen MR) is 66.2 cm³/mol. The second-order valence-corrected chi connectivity index (χ2v) is 4.12. The number of hydrogen-bond acceptors (Lipinski definition) is 3. The summed E-state index contributed by atoms with van der Waals surface area (Å²) in [6, 6.07) is 2.04. The minimum Gasteiger partial charge on any atom is -0.396 e. The average Bonchev–Trinajstić information content (AvgIpc) is 2.30. The van der Waals surface area contributed by atoms with Crippen molar-refractivity contribution in [3.8, 4) is 0 Å². The zero-order valence-corrected chi connectivity index (χ0v) is 10.1. The van der Waals surface area contributed by atoms with Crippen LogP contribution >= 0.6 is 0 Å². The summed E-state index contributed by atoms with van der Waals surface area (Å²) in [6.07, 6.45) is 8.19. The highest BCUT2D eigenvalue weighted by Gasteiger charge is 1.96. The van der Waals surface area contributed by atoms with Crippen LogP contribution in [0.5, 0.6) is 0 Å². The van der Waals surface area contributed by atoms with Gasteiger partial charge < -0.3 is 10.4 Å². The van der Waals surface area contributed by atoms with Crippen molar-refractivity contribution in [1.29, 1.82) is 0 Å². The van der Waals surface area contributed by atoms with Gasteiger partial charge >= 0.3 is 0 Å². The van der Waals surface area contributed by atoms with E-state index in [9.17, 15) is 0 Å². The first-order chi connectivity index (χ1) is 7.84. The molecule has 16 heavy (non-hydrogen) atoms. The van der Waals surface area contributed by atoms with Gasteiger partial charge in [0.05, 0.1) is 0 Å². The minimum atomic E-state index is 0.322. The largest absolute Gasteiger partial charge is 0.396 e. The number of nitrogens with one attached hydrogen (secondary N) is 1. The Morgan fingerprint density at radius 2 is 2.06 bits per heavy atom. The molecule has 0 saturated heterocycles. The van der Waals surface area contributed by atoms with E-state index in [-0.39, 0.29) is 0 Å². The smallest absolute Gasteiger partial charge is 0.0431 e. The molecule has 0 aliphatic carbocycles. The van der Waals surface area contributed by atoms with E-state index in [1.165, 1.54) is 24.0 Å². The molecule has 0 radical (unpaired) electrons. The third-order valence-electron chi connectivity index (χ3n) is 2.72. The molecule has 0 saturated carbocycles. The molecular weight excluding hydrogens is 200 g/mol. The van der Waals surface area contributed by atoms with Crippen molar-refractivity contribution in [2.45, 2.75) is 39.2 Å². The van der Waals surface area contributed by atoms with Crippen LogP contribution in [-0.4, -0.2) is 23.2 Å². The molecule has 0 fully saturated rings. The zero-order valence-electron chi connectivity index (χ0n) is 10.1. The molecule has 1 aromatic rings. The van der Waals surface area contributed by atoms with Gasteiger partial charge in [0, 0.05) is 25.5 Å². The molecule has 1 aromatic heterocycles. The highest BCUT2D eigenvalue weighted by molar-refractivity contribution is 5.20. The third-order valence-corrected chi connectivity index (χ3v) is 2.72. The number of rotatable bonds is 8. The van der Waals surface area contributed by atoms with Crippen molar-refractivity contribution in [3.63, 3.8) is 0 Å². The fourth-order valence-electron chi connectivity index (χ4n) is 1.62. The van der Waals surface area contributed by atoms with Crippen LogP contribution < -0.4 is 5.32 Å². The van der Waals surface area contributed by atoms with Gasteiger partial charge in [-0.15, -0.1) is 0 Å². The van der Waals surface area contributed by atoms with Crippen LogP contribution in [0.1, 0.15) is 36.8 Å². The van der Waals surface area contributed by atoms with Crippen LogP contribution in [0.4, 0.5) is 0 Å². The number of hydrogen-bond donors (Lipinski definition) is 2. The highest BCUT2D eigenvalue weighted by Crippen LogP contribution is 2.04. The number of nitrogens with zero attached hydrogens (tertiary/aromatic N) is 1. The van der Waals surface area contributed by atoms with Gasteiger partial charge in [0.1, 0.15) is 0 Å². The highest BCUT2D eigenvalue weighted by atomic mass is 16.2. The van der Waals surface area contributed by atoms with E-state index < -0.39 is 0 Å². The van der Waals surface area contributed by atoms with Gasteiger partial charge in [-0.2, -0.15) is 0 Å². The molecule has 0 unspecified atom stereocenters. The quantitative estimate of drug-likeness (QED) is 0.662. The Labute approximate surface area is 97.9 Å². The van der Waals surface area contributed by atoms with E-state index in [0.717, 1.165) is 25.9 Å². The summed E-state index contributed by atoms with van der Waals surface area (Å²) in [5.41, 5.74) is 2.57. The molecular formula is C13H22N2O. The van der Waals surface area contributed by atoms with E-state index >= 15 is 0 Å². The second-order valence-electron chi connectivity index (χ2n) is 4.12. The Morgan fingerprint density at radius 3 is 2.81 bits per heavy atom. The molecule has 1 heterocycles. The number of aryl methyl sites for hydroxylation is 1. The van der Waals surface area contributed by atoms with E-state index in [0.29, 0.717) is 6.61 Å². The fraction of sp³-hybridized carbons (Fsp3) is 0.615. The van der Waals surface area contributed by atoms with Crippen LogP contribution in [0.2, 0.25) is 0 Å². The lowest BCUT2D eigenvalue weighted by Gasteiger charge is -2.06. The van der Waals surface area contributed by atoms with Gasteiger partial charge in [-0.1, -0.05) is 12.8 Å². The molecule has 1 rings (SSSR count). The lowest BCUT2D eigenvalue weighted by molar-refractivity contribution is 0.282. The van der Waals surface area contributed by atoms with Crippen molar-refractivity contribution in [3.05, 3.63) is 29.6 Å². The van der Waals surface area contributed by atoms with Gasteiger partial charge in [0.15, 0.2) is 0 Å². The molecule has 0 atom stereocenters. The SMILES string of the molecule is Cc1ccncc1CNCCCCCCO. The Balaban J connectivity index is 2.05. The molecule has 0 aliphatic rings. The molecule has 0 amide bonds. The van der Waals surface area contributed by atoms with Gasteiger partial charge in [-0.05, 0) is 43.5 Å². The molecule has 0 spiro atoms. The Kier molecular flexibility index (Phi) is 6.77. The summed E-state index contributed by atoms with van der Waals surface area (Å²) < 4.78 is 0. The standard InChI is InChI=1S/C13H22N2O/c1-12-6-8-15-11-13(12)10-14-7-4-2-3-5-9-16/h6,8,11,14,16H,2-5,7,9-10H2,1H3. The first-order valence-corrected chi connectivity index (χ1v) is 6.05. The van der Waals surface area contributed by atoms with Crippen molar-refractivity contribution in [2.24, 2.45) is 0 Å². The predicted octanol–water partition coefficient (Wildman–Crippen LogP) is 2.03. The van der Waals surface area contributed by atoms with E-state index in [4.69, 9.17) is 5.11 Å². The maximum absolute atomic E-state index is 8.63. The minimum absolute atomic E-state index is 0.322. The molecule has 0 bridgehead atoms. The first-order valence-electron chi connectivity index (χ1n) is 6.05. The number of aromatic nitrogens is 1. The fourth-order valence-corrected chi connectivity index (χ4v) is 1.62. The van der Waals surface area contributed by atoms with E-state index in [2.05, 4.69) is 17.2 Å². The summed E-state index contributed by atoms with van der Waals surface area (Å²) in [6.45, 7) is 4.38. The Hall–Kier alpha value is -0.930. The van der Waals surface area contributed by atoms with Crippen LogP contribution in [0, 0.1) is 6.92 Å². The van der Waals surface area contributed by atoms with Crippen LogP contribution in [0.15, 0.2) is 18.5 Å². The monoisotopic (exact) mass is 222 g/mol. The summed E-state index contributed by atoms with van der Waals surface area (Å²) in [5.74, 6) is 0. The summed E-state index contributed by atoms with van der Waals surface area (Å²) in [4.78, 5) is 4.12. The van der Waals surface area contributed by atoms with Crippen LogP contribution in [0.25, 0.3) is 0 Å². The van der Waals surface area contributed by atoms with Crippen LogP contribution in [-0.2, 0) is 6.54 Å². The van der Waals surface area contributed by atoms with Gasteiger partial charge in [-0.3, -0.25) is 4.98 Å². The summed E-state index contributed by atoms with van der Waals surface area (Å²) >= 11 is 0. The van der Waals surface area contributed by atoms with Gasteiger partial charge in [-0.25, -0.2) is 0 Å². The van der Waals surface area contributed by atoms with Gasteiger partial charge in [0.2, 0.25) is 0 Å². The van der Waals surface area contributed by atoms with E-state index in [1.54, 1.807) is 0 Å². The number of aliphatic hydroxyl groups excluding tert-OH is 1. The number of unbranched alkanes of at least 4 members (excludes halogenated alkanes) is 3. The lowest BCUT2D eigenvalue weighted by atomic mass is 10.1. The van der Waals surface area contributed by atoms with Crippen LogP contribution in [0.3, 0.4) is 0 Å². The van der Waals surface area contributed by atoms with Gasteiger partial charge in [0.25, 0.3) is 0 Å². The zero-order chi connectivity index (χ0) is 11.6. The van der Waals surface area contributed by atoms with E-state index in [1.807, 2.05) is 18.5 Å². The van der Waals surface area contributed by atoms with Crippen molar-refractivity contribution < 1.29 is 5.11 Å². The molecule has 2 N–H and O–H groups in total. The Bertz CT molecular complexity index is 289. The third kappa shape index (κ3) is 5.24. The van der Waals surface area contributed by atoms with Crippen molar-refractivity contribution in [2.75, 3.05) is 13.2 Å². The topological polar surface area (TPSA) is 45.2 Å². The molecule has 0 aromatic carbocycles. The molecule has 3 nitrogen and oxygen atoms in total. The summed E-state index contributed by atoms with van der Waals surface area (Å²) in [5, 5.41) is 12.0. The Morgan fingerprint density at radius 1 is 1.25 bits per heavy atom. The number of pyridine rings is 1. The summed E-state index contributed by atoms with van der Waals surface area (Å²) in [7, 11) is 0. The first kappa shape index (κ1) is 13.1. The molecule has 0 aliphatic heterocycles. The van der Waals surface area contributed by atoms with Crippen molar-refractivity contribution in [1.82, 2.24) is 10.3 Å². The number of aliphatic hydroxyl groups is 1. The maximum Gasteiger partial charge on any atom is 0.0431 e. The average molecular weight is 222 g/mol. The maximum atomic E-state index is 8.63. The normalized spacial score (nSPS) is 10.6. The molecule has 90 valence electrons. The van der Waals surface area contributed by atoms with Crippen molar-refractivity contribution >= 4 is 0 Å². The lowest BCUT2D eigenvalue weighted by Crippen LogP contribution is -2.15. The second kappa shape index (κ2) is 8.25. The molecule has 3 heteroatoms.